The zero-order valence-corrected chi connectivity index (χ0v) is 11.3. The van der Waals surface area contributed by atoms with Crippen molar-refractivity contribution in [2.45, 2.75) is 60.4 Å². The van der Waals surface area contributed by atoms with Crippen LogP contribution in [-0.4, -0.2) is 15.0 Å². The molecule has 0 bridgehead atoms. The van der Waals surface area contributed by atoms with E-state index in [2.05, 4.69) is 44.9 Å². The third-order valence-corrected chi connectivity index (χ3v) is 3.67. The van der Waals surface area contributed by atoms with E-state index in [1.54, 1.807) is 6.20 Å². The predicted octanol–water partition coefficient (Wildman–Crippen LogP) is 3.52. The minimum atomic E-state index is 0.272. The van der Waals surface area contributed by atoms with Crippen molar-refractivity contribution in [3.8, 4) is 0 Å². The van der Waals surface area contributed by atoms with Crippen LogP contribution in [0, 0.1) is 10.8 Å². The van der Waals surface area contributed by atoms with Gasteiger partial charge < -0.3 is 0 Å². The Balaban J connectivity index is 2.64. The molecule has 0 saturated heterocycles. The maximum absolute atomic E-state index is 4.05. The summed E-state index contributed by atoms with van der Waals surface area (Å²) in [7, 11) is 0. The molecule has 92 valence electrons. The standard InChI is InChI=1S/C13H25N3/c1-6-13(5,7-2)10-12(3,4)11-16-9-8-14-15-16/h8-9H,6-7,10-11H2,1-5H3. The smallest absolute Gasteiger partial charge is 0.0692 e. The van der Waals surface area contributed by atoms with Crippen LogP contribution in [0.2, 0.25) is 0 Å². The Morgan fingerprint density at radius 2 is 1.75 bits per heavy atom. The van der Waals surface area contributed by atoms with Crippen LogP contribution in [0.1, 0.15) is 53.9 Å². The number of hydrogen-bond acceptors (Lipinski definition) is 2. The molecule has 1 heterocycles. The van der Waals surface area contributed by atoms with Crippen molar-refractivity contribution < 1.29 is 0 Å². The molecule has 16 heavy (non-hydrogen) atoms. The van der Waals surface area contributed by atoms with Gasteiger partial charge in [-0.1, -0.05) is 52.7 Å². The highest BCUT2D eigenvalue weighted by atomic mass is 15.4. The molecule has 3 nitrogen and oxygen atoms in total. The highest BCUT2D eigenvalue weighted by Gasteiger charge is 2.30. The van der Waals surface area contributed by atoms with E-state index in [1.807, 2.05) is 10.9 Å². The van der Waals surface area contributed by atoms with Gasteiger partial charge in [-0.15, -0.1) is 5.10 Å². The summed E-state index contributed by atoms with van der Waals surface area (Å²) in [4.78, 5) is 0. The summed E-state index contributed by atoms with van der Waals surface area (Å²) in [5.41, 5.74) is 0.721. The van der Waals surface area contributed by atoms with Gasteiger partial charge in [-0.3, -0.25) is 4.68 Å². The summed E-state index contributed by atoms with van der Waals surface area (Å²) < 4.78 is 1.94. The second-order valence-electron chi connectivity index (χ2n) is 5.96. The highest BCUT2D eigenvalue weighted by molar-refractivity contribution is 4.81. The molecule has 0 amide bonds. The van der Waals surface area contributed by atoms with Crippen LogP contribution in [0.15, 0.2) is 12.4 Å². The van der Waals surface area contributed by atoms with Gasteiger partial charge in [-0.05, 0) is 17.3 Å². The van der Waals surface area contributed by atoms with Crippen molar-refractivity contribution in [3.05, 3.63) is 12.4 Å². The summed E-state index contributed by atoms with van der Waals surface area (Å²) in [6, 6.07) is 0. The summed E-state index contributed by atoms with van der Waals surface area (Å²) in [6.45, 7) is 12.5. The molecule has 1 aromatic rings. The monoisotopic (exact) mass is 223 g/mol. The predicted molar refractivity (Wildman–Crippen MR) is 67.1 cm³/mol. The van der Waals surface area contributed by atoms with Crippen LogP contribution < -0.4 is 0 Å². The lowest BCUT2D eigenvalue weighted by Gasteiger charge is -2.36. The molecule has 0 radical (unpaired) electrons. The van der Waals surface area contributed by atoms with Crippen molar-refractivity contribution in [3.63, 3.8) is 0 Å². The second kappa shape index (κ2) is 4.98. The Labute approximate surface area is 99.2 Å². The third kappa shape index (κ3) is 3.62. The lowest BCUT2D eigenvalue weighted by Crippen LogP contribution is -2.28. The van der Waals surface area contributed by atoms with Gasteiger partial charge in [0.25, 0.3) is 0 Å². The first kappa shape index (κ1) is 13.2. The molecule has 0 saturated carbocycles. The van der Waals surface area contributed by atoms with Gasteiger partial charge in [0.2, 0.25) is 0 Å². The van der Waals surface area contributed by atoms with Gasteiger partial charge in [0.05, 0.1) is 6.20 Å². The van der Waals surface area contributed by atoms with E-state index in [0.29, 0.717) is 5.41 Å². The van der Waals surface area contributed by atoms with E-state index in [-0.39, 0.29) is 5.41 Å². The fourth-order valence-corrected chi connectivity index (χ4v) is 2.47. The molecule has 0 aliphatic carbocycles. The maximum atomic E-state index is 4.05. The molecule has 0 aromatic carbocycles. The van der Waals surface area contributed by atoms with Gasteiger partial charge in [0, 0.05) is 12.7 Å². The lowest BCUT2D eigenvalue weighted by molar-refractivity contribution is 0.140. The third-order valence-electron chi connectivity index (χ3n) is 3.67. The maximum Gasteiger partial charge on any atom is 0.0692 e. The minimum absolute atomic E-state index is 0.272. The number of rotatable bonds is 6. The van der Waals surface area contributed by atoms with E-state index in [0.717, 1.165) is 6.54 Å². The fraction of sp³-hybridized carbons (Fsp3) is 0.846. The zero-order valence-electron chi connectivity index (χ0n) is 11.3. The molecule has 0 unspecified atom stereocenters. The van der Waals surface area contributed by atoms with Crippen LogP contribution >= 0.6 is 0 Å². The molecule has 1 rings (SSSR count). The fourth-order valence-electron chi connectivity index (χ4n) is 2.47. The first-order valence-corrected chi connectivity index (χ1v) is 6.25. The first-order chi connectivity index (χ1) is 7.41. The van der Waals surface area contributed by atoms with E-state index in [9.17, 15) is 0 Å². The van der Waals surface area contributed by atoms with Crippen molar-refractivity contribution >= 4 is 0 Å². The largest absolute Gasteiger partial charge is 0.252 e. The zero-order chi connectivity index (χ0) is 12.2. The van der Waals surface area contributed by atoms with Crippen LogP contribution in [0.5, 0.6) is 0 Å². The van der Waals surface area contributed by atoms with Crippen molar-refractivity contribution in [2.75, 3.05) is 0 Å². The summed E-state index contributed by atoms with van der Waals surface area (Å²) in [5, 5.41) is 7.91. The van der Waals surface area contributed by atoms with E-state index < -0.39 is 0 Å². The van der Waals surface area contributed by atoms with Crippen LogP contribution in [0.4, 0.5) is 0 Å². The van der Waals surface area contributed by atoms with Gasteiger partial charge in [0.1, 0.15) is 0 Å². The van der Waals surface area contributed by atoms with Crippen molar-refractivity contribution in [1.29, 1.82) is 0 Å². The normalized spacial score (nSPS) is 13.1. The van der Waals surface area contributed by atoms with Crippen molar-refractivity contribution in [1.82, 2.24) is 15.0 Å². The van der Waals surface area contributed by atoms with E-state index in [1.165, 1.54) is 19.3 Å². The van der Waals surface area contributed by atoms with Crippen molar-refractivity contribution in [2.24, 2.45) is 10.8 Å². The topological polar surface area (TPSA) is 30.7 Å². The SMILES string of the molecule is CCC(C)(CC)CC(C)(C)Cn1ccnn1. The molecule has 3 heteroatoms. The summed E-state index contributed by atoms with van der Waals surface area (Å²) in [5.74, 6) is 0. The van der Waals surface area contributed by atoms with Crippen LogP contribution in [-0.2, 0) is 6.54 Å². The molecular formula is C13H25N3. The minimum Gasteiger partial charge on any atom is -0.252 e. The Morgan fingerprint density at radius 3 is 2.19 bits per heavy atom. The average Bonchev–Trinajstić information content (AvgIpc) is 2.68. The summed E-state index contributed by atoms with van der Waals surface area (Å²) in [6.07, 6.45) is 7.40. The molecule has 0 spiro atoms. The molecule has 0 aliphatic rings. The van der Waals surface area contributed by atoms with Gasteiger partial charge >= 0.3 is 0 Å². The van der Waals surface area contributed by atoms with E-state index in [4.69, 9.17) is 0 Å². The lowest BCUT2D eigenvalue weighted by atomic mass is 9.71. The van der Waals surface area contributed by atoms with Gasteiger partial charge in [-0.2, -0.15) is 0 Å². The Morgan fingerprint density at radius 1 is 1.12 bits per heavy atom. The molecule has 0 aliphatic heterocycles. The second-order valence-corrected chi connectivity index (χ2v) is 5.96. The van der Waals surface area contributed by atoms with E-state index >= 15 is 0 Å². The number of hydrogen-bond donors (Lipinski definition) is 0. The molecule has 0 fully saturated rings. The number of nitrogens with zero attached hydrogens (tertiary/aromatic N) is 3. The summed E-state index contributed by atoms with van der Waals surface area (Å²) >= 11 is 0. The van der Waals surface area contributed by atoms with Crippen LogP contribution in [0.25, 0.3) is 0 Å². The Bertz CT molecular complexity index is 297. The van der Waals surface area contributed by atoms with Gasteiger partial charge in [-0.25, -0.2) is 0 Å². The molecule has 0 N–H and O–H groups in total. The Kier molecular flexibility index (Phi) is 4.11. The Hall–Kier alpha value is -0.860. The van der Waals surface area contributed by atoms with Gasteiger partial charge in [0.15, 0.2) is 0 Å². The van der Waals surface area contributed by atoms with Crippen LogP contribution in [0.3, 0.4) is 0 Å². The molecule has 0 atom stereocenters. The molecule has 1 aromatic heterocycles. The quantitative estimate of drug-likeness (QED) is 0.738. The molecular weight excluding hydrogens is 198 g/mol. The number of aromatic nitrogens is 3. The average molecular weight is 223 g/mol. The highest BCUT2D eigenvalue weighted by Crippen LogP contribution is 2.39. The first-order valence-electron chi connectivity index (χ1n) is 6.25.